The Kier molecular flexibility index (Phi) is 4.33. The number of hydrogen-bond acceptors (Lipinski definition) is 5. The van der Waals surface area contributed by atoms with E-state index in [2.05, 4.69) is 4.74 Å². The highest BCUT2D eigenvalue weighted by atomic mass is 19.3. The Morgan fingerprint density at radius 2 is 2.30 bits per heavy atom. The molecule has 0 bridgehead atoms. The van der Waals surface area contributed by atoms with Gasteiger partial charge in [-0.05, 0) is 13.0 Å². The summed E-state index contributed by atoms with van der Waals surface area (Å²) in [6, 6.07) is 3.96. The lowest BCUT2D eigenvalue weighted by atomic mass is 10.2. The van der Waals surface area contributed by atoms with Gasteiger partial charge in [0.1, 0.15) is 0 Å². The molecule has 1 aromatic rings. The van der Waals surface area contributed by atoms with E-state index in [0.717, 1.165) is 0 Å². The molecule has 0 radical (unpaired) electrons. The maximum Gasteiger partial charge on any atom is 0.387 e. The van der Waals surface area contributed by atoms with Crippen molar-refractivity contribution in [2.75, 3.05) is 24.6 Å². The lowest BCUT2D eigenvalue weighted by molar-refractivity contribution is -0.386. The molecule has 1 fully saturated rings. The minimum atomic E-state index is -3.10. The Bertz CT molecular complexity index is 498. The van der Waals surface area contributed by atoms with Crippen molar-refractivity contribution in [2.24, 2.45) is 0 Å². The van der Waals surface area contributed by atoms with Crippen molar-refractivity contribution in [1.82, 2.24) is 0 Å². The molecular weight excluding hydrogens is 274 g/mol. The Balaban J connectivity index is 2.28. The van der Waals surface area contributed by atoms with Crippen LogP contribution in [0, 0.1) is 10.1 Å². The summed E-state index contributed by atoms with van der Waals surface area (Å²) in [4.78, 5) is 12.0. The number of rotatable bonds is 4. The molecule has 110 valence electrons. The van der Waals surface area contributed by atoms with E-state index in [0.29, 0.717) is 25.4 Å². The molecule has 1 aliphatic heterocycles. The predicted molar refractivity (Wildman–Crippen MR) is 67.4 cm³/mol. The summed E-state index contributed by atoms with van der Waals surface area (Å²) in [5, 5.41) is 10.8. The Labute approximate surface area is 114 Å². The molecule has 8 heteroatoms. The number of benzene rings is 1. The molecule has 1 saturated heterocycles. The topological polar surface area (TPSA) is 64.8 Å². The van der Waals surface area contributed by atoms with Crippen LogP contribution in [0.5, 0.6) is 5.75 Å². The predicted octanol–water partition coefficient (Wildman–Crippen LogP) is 2.42. The van der Waals surface area contributed by atoms with E-state index in [1.165, 1.54) is 18.2 Å². The number of halogens is 2. The first-order valence-corrected chi connectivity index (χ1v) is 6.07. The van der Waals surface area contributed by atoms with Gasteiger partial charge in [0.25, 0.3) is 0 Å². The summed E-state index contributed by atoms with van der Waals surface area (Å²) in [7, 11) is 0. The highest BCUT2D eigenvalue weighted by Crippen LogP contribution is 2.33. The van der Waals surface area contributed by atoms with Gasteiger partial charge < -0.3 is 14.4 Å². The van der Waals surface area contributed by atoms with Crippen LogP contribution < -0.4 is 9.64 Å². The van der Waals surface area contributed by atoms with Crippen molar-refractivity contribution in [1.29, 1.82) is 0 Å². The smallest absolute Gasteiger partial charge is 0.387 e. The van der Waals surface area contributed by atoms with Crippen LogP contribution in [0.3, 0.4) is 0 Å². The zero-order valence-corrected chi connectivity index (χ0v) is 10.8. The van der Waals surface area contributed by atoms with Gasteiger partial charge in [-0.3, -0.25) is 10.1 Å². The van der Waals surface area contributed by atoms with Gasteiger partial charge in [0.15, 0.2) is 0 Å². The number of morpholine rings is 1. The van der Waals surface area contributed by atoms with Crippen LogP contribution in [0.4, 0.5) is 20.2 Å². The number of alkyl halides is 2. The van der Waals surface area contributed by atoms with E-state index < -0.39 is 23.0 Å². The van der Waals surface area contributed by atoms with Crippen molar-refractivity contribution in [3.63, 3.8) is 0 Å². The van der Waals surface area contributed by atoms with Gasteiger partial charge in [-0.15, -0.1) is 0 Å². The minimum Gasteiger partial charge on any atom is -0.427 e. The molecule has 1 atom stereocenters. The van der Waals surface area contributed by atoms with Crippen LogP contribution in [-0.4, -0.2) is 37.3 Å². The molecule has 0 aliphatic carbocycles. The molecule has 0 spiro atoms. The second-order valence-electron chi connectivity index (χ2n) is 4.42. The van der Waals surface area contributed by atoms with Crippen molar-refractivity contribution in [3.8, 4) is 5.75 Å². The third-order valence-corrected chi connectivity index (χ3v) is 2.96. The third kappa shape index (κ3) is 3.32. The lowest BCUT2D eigenvalue weighted by Crippen LogP contribution is -2.41. The molecule has 0 N–H and O–H groups in total. The molecular formula is C12H14F2N2O4. The largest absolute Gasteiger partial charge is 0.427 e. The fourth-order valence-corrected chi connectivity index (χ4v) is 2.09. The summed E-state index contributed by atoms with van der Waals surface area (Å²) >= 11 is 0. The molecule has 1 aliphatic rings. The number of ether oxygens (including phenoxy) is 2. The molecule has 1 unspecified atom stereocenters. The van der Waals surface area contributed by atoms with E-state index >= 15 is 0 Å². The Morgan fingerprint density at radius 1 is 1.55 bits per heavy atom. The highest BCUT2D eigenvalue weighted by molar-refractivity contribution is 5.59. The number of hydrogen-bond donors (Lipinski definition) is 0. The van der Waals surface area contributed by atoms with Crippen LogP contribution in [0.1, 0.15) is 6.92 Å². The second-order valence-corrected chi connectivity index (χ2v) is 4.42. The number of nitro benzene ring substituents is 1. The average Bonchev–Trinajstić information content (AvgIpc) is 2.37. The van der Waals surface area contributed by atoms with E-state index in [9.17, 15) is 18.9 Å². The van der Waals surface area contributed by atoms with Gasteiger partial charge in [0, 0.05) is 30.9 Å². The first kappa shape index (κ1) is 14.4. The van der Waals surface area contributed by atoms with Crippen molar-refractivity contribution >= 4 is 11.4 Å². The van der Waals surface area contributed by atoms with Gasteiger partial charge in [0.2, 0.25) is 5.75 Å². The molecule has 0 aromatic heterocycles. The molecule has 20 heavy (non-hydrogen) atoms. The maximum atomic E-state index is 12.3. The van der Waals surface area contributed by atoms with Crippen molar-refractivity contribution in [3.05, 3.63) is 28.3 Å². The first-order valence-electron chi connectivity index (χ1n) is 6.07. The molecule has 1 aromatic carbocycles. The lowest BCUT2D eigenvalue weighted by Gasteiger charge is -2.33. The molecule has 2 rings (SSSR count). The monoisotopic (exact) mass is 288 g/mol. The maximum absolute atomic E-state index is 12.3. The molecule has 6 nitrogen and oxygen atoms in total. The standard InChI is InChI=1S/C12H14F2N2O4/c1-8-7-15(4-5-19-8)9-2-3-10(16(17)18)11(6-9)20-12(13)14/h2-3,6,8,12H,4-5,7H2,1H3. The van der Waals surface area contributed by atoms with Gasteiger partial charge in [-0.25, -0.2) is 0 Å². The fraction of sp³-hybridized carbons (Fsp3) is 0.500. The van der Waals surface area contributed by atoms with Crippen LogP contribution in [-0.2, 0) is 4.74 Å². The Hall–Kier alpha value is -1.96. The summed E-state index contributed by atoms with van der Waals surface area (Å²) in [6.07, 6.45) is 0.0124. The summed E-state index contributed by atoms with van der Waals surface area (Å²) in [5.41, 5.74) is 0.122. The summed E-state index contributed by atoms with van der Waals surface area (Å²) in [6.45, 7) is 0.493. The van der Waals surface area contributed by atoms with Crippen LogP contribution in [0.15, 0.2) is 18.2 Å². The number of nitro groups is 1. The highest BCUT2D eigenvalue weighted by Gasteiger charge is 2.23. The Morgan fingerprint density at radius 3 is 2.90 bits per heavy atom. The van der Waals surface area contributed by atoms with Gasteiger partial charge in [-0.1, -0.05) is 0 Å². The van der Waals surface area contributed by atoms with E-state index in [1.54, 1.807) is 0 Å². The van der Waals surface area contributed by atoms with E-state index in [4.69, 9.17) is 4.74 Å². The van der Waals surface area contributed by atoms with Crippen LogP contribution >= 0.6 is 0 Å². The number of anilines is 1. The fourth-order valence-electron chi connectivity index (χ4n) is 2.09. The van der Waals surface area contributed by atoms with Crippen LogP contribution in [0.25, 0.3) is 0 Å². The molecule has 0 amide bonds. The molecule has 0 saturated carbocycles. The summed E-state index contributed by atoms with van der Waals surface area (Å²) in [5.74, 6) is -0.429. The molecule has 1 heterocycles. The van der Waals surface area contributed by atoms with Crippen LogP contribution in [0.2, 0.25) is 0 Å². The van der Waals surface area contributed by atoms with Crippen molar-refractivity contribution in [2.45, 2.75) is 19.6 Å². The van der Waals surface area contributed by atoms with Gasteiger partial charge >= 0.3 is 12.3 Å². The van der Waals surface area contributed by atoms with Gasteiger partial charge in [-0.2, -0.15) is 8.78 Å². The normalized spacial score (nSPS) is 19.2. The SMILES string of the molecule is CC1CN(c2ccc([N+](=O)[O-])c(OC(F)F)c2)CCO1. The second kappa shape index (κ2) is 6.00. The van der Waals surface area contributed by atoms with Crippen molar-refractivity contribution < 1.29 is 23.2 Å². The van der Waals surface area contributed by atoms with Gasteiger partial charge in [0.05, 0.1) is 17.6 Å². The third-order valence-electron chi connectivity index (χ3n) is 2.96. The average molecular weight is 288 g/mol. The first-order chi connectivity index (χ1) is 9.47. The zero-order valence-electron chi connectivity index (χ0n) is 10.8. The minimum absolute atomic E-state index is 0.0124. The number of nitrogens with zero attached hydrogens (tertiary/aromatic N) is 2. The quantitative estimate of drug-likeness (QED) is 0.629. The van der Waals surface area contributed by atoms with E-state index in [-0.39, 0.29) is 6.10 Å². The zero-order chi connectivity index (χ0) is 14.7. The summed E-state index contributed by atoms with van der Waals surface area (Å²) < 4.78 is 34.3. The van der Waals surface area contributed by atoms with E-state index in [1.807, 2.05) is 11.8 Å².